The number of hydrazine groups is 1. The summed E-state index contributed by atoms with van der Waals surface area (Å²) in [7, 11) is -4.95. The molecule has 0 aliphatic rings. The zero-order valence-electron chi connectivity index (χ0n) is 15.7. The van der Waals surface area contributed by atoms with Gasteiger partial charge in [-0.05, 0) is 42.5 Å². The molecule has 0 heterocycles. The number of anilines is 2. The maximum absolute atomic E-state index is 12.2. The Kier molecular flexibility index (Phi) is 6.94. The molecule has 2 aromatic rings. The average Bonchev–Trinajstić information content (AvgIpc) is 2.65. The topological polar surface area (TPSA) is 177 Å². The lowest BCUT2D eigenvalue weighted by molar-refractivity contribution is -0.384. The van der Waals surface area contributed by atoms with E-state index >= 15 is 0 Å². The van der Waals surface area contributed by atoms with Crippen LogP contribution in [0.2, 0.25) is 0 Å². The first-order valence-corrected chi connectivity index (χ1v) is 11.4. The van der Waals surface area contributed by atoms with Crippen LogP contribution in [0.1, 0.15) is 0 Å². The van der Waals surface area contributed by atoms with Crippen molar-refractivity contribution in [2.75, 3.05) is 24.8 Å². The normalized spacial score (nSPS) is 11.7. The zero-order valence-corrected chi connectivity index (χ0v) is 18.1. The van der Waals surface area contributed by atoms with Crippen LogP contribution in [0.5, 0.6) is 0 Å². The summed E-state index contributed by atoms with van der Waals surface area (Å²) in [4.78, 5) is 10.1. The van der Waals surface area contributed by atoms with E-state index in [0.717, 1.165) is 22.5 Å². The van der Waals surface area contributed by atoms with Gasteiger partial charge in [0.05, 0.1) is 14.7 Å². The molecule has 2 rings (SSSR count). The molecule has 2 aromatic carbocycles. The molecule has 0 aliphatic heterocycles. The largest absolute Gasteiger partial charge is 0.331 e. The van der Waals surface area contributed by atoms with Crippen molar-refractivity contribution in [2.24, 2.45) is 5.14 Å². The Bertz CT molecular complexity index is 1200. The molecule has 5 N–H and O–H groups in total. The molecule has 30 heavy (non-hydrogen) atoms. The molecule has 0 spiro atoms. The van der Waals surface area contributed by atoms with Crippen LogP contribution in [0.4, 0.5) is 17.1 Å². The van der Waals surface area contributed by atoms with E-state index in [1.165, 1.54) is 32.3 Å². The highest BCUT2D eigenvalue weighted by molar-refractivity contribution is 7.89. The number of rotatable bonds is 7. The molecule has 162 valence electrons. The maximum Gasteiger partial charge on any atom is 0.295 e. The zero-order chi connectivity index (χ0) is 22.7. The average molecular weight is 475 g/mol. The molecular formula is C15H18N6O6S3. The number of nitro groups is 1. The lowest BCUT2D eigenvalue weighted by Crippen LogP contribution is -2.33. The van der Waals surface area contributed by atoms with E-state index in [1.807, 2.05) is 0 Å². The van der Waals surface area contributed by atoms with Gasteiger partial charge in [-0.25, -0.2) is 26.3 Å². The summed E-state index contributed by atoms with van der Waals surface area (Å²) >= 11 is 5.09. The Labute approximate surface area is 178 Å². The van der Waals surface area contributed by atoms with Gasteiger partial charge < -0.3 is 5.32 Å². The van der Waals surface area contributed by atoms with Gasteiger partial charge in [-0.3, -0.25) is 21.0 Å². The van der Waals surface area contributed by atoms with Crippen molar-refractivity contribution < 1.29 is 21.8 Å². The van der Waals surface area contributed by atoms with Gasteiger partial charge in [-0.15, -0.1) is 0 Å². The highest BCUT2D eigenvalue weighted by Gasteiger charge is 2.20. The monoisotopic (exact) mass is 474 g/mol. The van der Waals surface area contributed by atoms with Gasteiger partial charge >= 0.3 is 0 Å². The third kappa shape index (κ3) is 5.61. The van der Waals surface area contributed by atoms with Crippen LogP contribution in [-0.2, 0) is 20.0 Å². The van der Waals surface area contributed by atoms with Gasteiger partial charge in [0, 0.05) is 25.8 Å². The minimum absolute atomic E-state index is 0.0285. The number of nitrogens with zero attached hydrogens (tertiary/aromatic N) is 2. The van der Waals surface area contributed by atoms with E-state index < -0.39 is 35.6 Å². The first kappa shape index (κ1) is 23.4. The van der Waals surface area contributed by atoms with Crippen molar-refractivity contribution in [3.63, 3.8) is 0 Å². The number of thiocarbonyl (C=S) groups is 1. The lowest BCUT2D eigenvalue weighted by Gasteiger charge is -2.15. The van der Waals surface area contributed by atoms with Crippen molar-refractivity contribution >= 4 is 54.4 Å². The molecule has 0 saturated carbocycles. The molecule has 0 aliphatic carbocycles. The van der Waals surface area contributed by atoms with Crippen LogP contribution in [0.25, 0.3) is 0 Å². The number of primary sulfonamides is 1. The Morgan fingerprint density at radius 2 is 1.77 bits per heavy atom. The van der Waals surface area contributed by atoms with Crippen LogP contribution in [0.3, 0.4) is 0 Å². The standard InChI is InChI=1S/C15H18N6O6S3/c1-20(2)30(26,27)12-5-3-4-10(8-12)17-15(28)19-18-13-7-6-11(29(16,24)25)9-14(13)21(22)23/h3-9,18H,1-2H3,(H2,16,24,25)(H2,17,19,28). The van der Waals surface area contributed by atoms with Gasteiger partial charge in [0.1, 0.15) is 5.69 Å². The van der Waals surface area contributed by atoms with Crippen LogP contribution in [0.15, 0.2) is 52.3 Å². The highest BCUT2D eigenvalue weighted by atomic mass is 32.2. The van der Waals surface area contributed by atoms with E-state index in [1.54, 1.807) is 6.07 Å². The maximum atomic E-state index is 12.2. The highest BCUT2D eigenvalue weighted by Crippen LogP contribution is 2.26. The number of hydrogen-bond donors (Lipinski definition) is 4. The minimum Gasteiger partial charge on any atom is -0.331 e. The van der Waals surface area contributed by atoms with Crippen molar-refractivity contribution in [3.05, 3.63) is 52.6 Å². The number of nitro benzene ring substituents is 1. The molecule has 0 aromatic heterocycles. The number of nitrogens with two attached hydrogens (primary N) is 1. The summed E-state index contributed by atoms with van der Waals surface area (Å²) < 4.78 is 48.2. The van der Waals surface area contributed by atoms with Crippen molar-refractivity contribution in [2.45, 2.75) is 9.79 Å². The van der Waals surface area contributed by atoms with Crippen molar-refractivity contribution in [1.29, 1.82) is 0 Å². The first-order chi connectivity index (χ1) is 13.8. The Morgan fingerprint density at radius 1 is 1.10 bits per heavy atom. The van der Waals surface area contributed by atoms with E-state index in [-0.39, 0.29) is 15.7 Å². The third-order valence-corrected chi connectivity index (χ3v) is 6.60. The summed E-state index contributed by atoms with van der Waals surface area (Å²) in [6.45, 7) is 0. The second kappa shape index (κ2) is 8.88. The third-order valence-electron chi connectivity index (χ3n) is 3.68. The van der Waals surface area contributed by atoms with E-state index in [9.17, 15) is 26.9 Å². The fraction of sp³-hybridized carbons (Fsp3) is 0.133. The second-order valence-corrected chi connectivity index (χ2v) is 10.1. The number of nitrogens with one attached hydrogen (secondary N) is 3. The SMILES string of the molecule is CN(C)S(=O)(=O)c1cccc(NC(=S)NNc2ccc(S(N)(=O)=O)cc2[N+](=O)[O-])c1. The number of benzene rings is 2. The summed E-state index contributed by atoms with van der Waals surface area (Å²) in [5.41, 5.74) is 4.75. The fourth-order valence-corrected chi connectivity index (χ4v) is 3.83. The van der Waals surface area contributed by atoms with Crippen LogP contribution >= 0.6 is 12.2 Å². The predicted octanol–water partition coefficient (Wildman–Crippen LogP) is 0.806. The Hall–Kier alpha value is -2.85. The van der Waals surface area contributed by atoms with E-state index in [0.29, 0.717) is 5.69 Å². The molecule has 0 unspecified atom stereocenters. The van der Waals surface area contributed by atoms with Gasteiger partial charge in [-0.1, -0.05) is 6.07 Å². The van der Waals surface area contributed by atoms with Crippen LogP contribution < -0.4 is 21.3 Å². The summed E-state index contributed by atoms with van der Waals surface area (Å²) in [6.07, 6.45) is 0. The predicted molar refractivity (Wildman–Crippen MR) is 115 cm³/mol. The molecule has 0 saturated heterocycles. The van der Waals surface area contributed by atoms with Crippen LogP contribution in [0, 0.1) is 10.1 Å². The smallest absolute Gasteiger partial charge is 0.295 e. The molecule has 0 fully saturated rings. The minimum atomic E-state index is -4.11. The van der Waals surface area contributed by atoms with Gasteiger partial charge in [-0.2, -0.15) is 0 Å². The molecule has 12 nitrogen and oxygen atoms in total. The fourth-order valence-electron chi connectivity index (χ4n) is 2.18. The Morgan fingerprint density at radius 3 is 2.33 bits per heavy atom. The molecular weight excluding hydrogens is 456 g/mol. The van der Waals surface area contributed by atoms with E-state index in [4.69, 9.17) is 17.4 Å². The quantitative estimate of drug-likeness (QED) is 0.255. The molecule has 0 bridgehead atoms. The van der Waals surface area contributed by atoms with Crippen molar-refractivity contribution in [3.8, 4) is 0 Å². The van der Waals surface area contributed by atoms with E-state index in [2.05, 4.69) is 16.2 Å². The number of sulfonamides is 2. The second-order valence-electron chi connectivity index (χ2n) is 6.00. The van der Waals surface area contributed by atoms with Gasteiger partial charge in [0.25, 0.3) is 5.69 Å². The molecule has 0 atom stereocenters. The molecule has 0 amide bonds. The van der Waals surface area contributed by atoms with Crippen LogP contribution in [-0.4, -0.2) is 45.3 Å². The molecule has 15 heteroatoms. The molecule has 0 radical (unpaired) electrons. The summed E-state index contributed by atoms with van der Waals surface area (Å²) in [5, 5.41) is 18.9. The Balaban J connectivity index is 2.15. The first-order valence-electron chi connectivity index (χ1n) is 7.99. The summed E-state index contributed by atoms with van der Waals surface area (Å²) in [5.74, 6) is 0. The lowest BCUT2D eigenvalue weighted by atomic mass is 10.3. The summed E-state index contributed by atoms with van der Waals surface area (Å²) in [6, 6.07) is 8.94. The van der Waals surface area contributed by atoms with Gasteiger partial charge in [0.2, 0.25) is 20.0 Å². The number of hydrogen-bond acceptors (Lipinski definition) is 8. The van der Waals surface area contributed by atoms with Gasteiger partial charge in [0.15, 0.2) is 5.11 Å². The van der Waals surface area contributed by atoms with Crippen molar-refractivity contribution in [1.82, 2.24) is 9.73 Å².